The first-order chi connectivity index (χ1) is 6.99. The molecule has 0 radical (unpaired) electrons. The summed E-state index contributed by atoms with van der Waals surface area (Å²) in [6.45, 7) is -0.0720. The van der Waals surface area contributed by atoms with E-state index in [1.165, 1.54) is 0 Å². The van der Waals surface area contributed by atoms with Crippen LogP contribution in [0.3, 0.4) is 0 Å². The predicted octanol–water partition coefficient (Wildman–Crippen LogP) is -0.172. The molecule has 88 valence electrons. The topological polar surface area (TPSA) is 95.5 Å². The number of aliphatic carboxylic acids is 1. The van der Waals surface area contributed by atoms with Crippen LogP contribution in [0.15, 0.2) is 0 Å². The van der Waals surface area contributed by atoms with Gasteiger partial charge >= 0.3 is 5.97 Å². The number of hydrogen-bond acceptors (Lipinski definition) is 3. The molecule has 0 atom stereocenters. The Balaban J connectivity index is 2.28. The second-order valence-corrected chi connectivity index (χ2v) is 5.17. The lowest BCUT2D eigenvalue weighted by Crippen LogP contribution is -2.42. The molecule has 0 unspecified atom stereocenters. The molecule has 0 bridgehead atoms. The summed E-state index contributed by atoms with van der Waals surface area (Å²) in [6.07, 6.45) is 3.61. The summed E-state index contributed by atoms with van der Waals surface area (Å²) in [5, 5.41) is 8.34. The minimum atomic E-state index is -3.52. The van der Waals surface area contributed by atoms with E-state index >= 15 is 0 Å². The van der Waals surface area contributed by atoms with Crippen molar-refractivity contribution < 1.29 is 18.3 Å². The SMILES string of the molecule is O=C(O)CCNS(=O)(=O)NC1CCCC1. The van der Waals surface area contributed by atoms with E-state index in [4.69, 9.17) is 5.11 Å². The van der Waals surface area contributed by atoms with E-state index in [2.05, 4.69) is 9.44 Å². The average molecular weight is 236 g/mol. The van der Waals surface area contributed by atoms with Gasteiger partial charge in [0.05, 0.1) is 6.42 Å². The van der Waals surface area contributed by atoms with E-state index in [1.54, 1.807) is 0 Å². The molecule has 15 heavy (non-hydrogen) atoms. The van der Waals surface area contributed by atoms with Gasteiger partial charge in [-0.15, -0.1) is 0 Å². The van der Waals surface area contributed by atoms with Gasteiger partial charge in [0.15, 0.2) is 0 Å². The van der Waals surface area contributed by atoms with Crippen LogP contribution in [0, 0.1) is 0 Å². The van der Waals surface area contributed by atoms with Crippen molar-refractivity contribution in [3.05, 3.63) is 0 Å². The molecule has 0 saturated heterocycles. The number of rotatable bonds is 6. The van der Waals surface area contributed by atoms with E-state index < -0.39 is 16.2 Å². The second-order valence-electron chi connectivity index (χ2n) is 3.64. The molecule has 1 fully saturated rings. The molecule has 0 aliphatic heterocycles. The standard InChI is InChI=1S/C8H16N2O4S/c11-8(12)5-6-9-15(13,14)10-7-3-1-2-4-7/h7,9-10H,1-6H2,(H,11,12). The first-order valence-electron chi connectivity index (χ1n) is 4.98. The first-order valence-corrected chi connectivity index (χ1v) is 6.46. The van der Waals surface area contributed by atoms with E-state index in [0.717, 1.165) is 25.7 Å². The van der Waals surface area contributed by atoms with E-state index in [1.807, 2.05) is 0 Å². The van der Waals surface area contributed by atoms with Gasteiger partial charge in [-0.25, -0.2) is 4.72 Å². The summed E-state index contributed by atoms with van der Waals surface area (Å²) in [6, 6.07) is 0.00679. The third kappa shape index (κ3) is 5.10. The molecule has 1 aliphatic carbocycles. The van der Waals surface area contributed by atoms with Crippen molar-refractivity contribution in [3.63, 3.8) is 0 Å². The van der Waals surface area contributed by atoms with Crippen LogP contribution < -0.4 is 9.44 Å². The van der Waals surface area contributed by atoms with Crippen LogP contribution in [0.5, 0.6) is 0 Å². The molecule has 6 nitrogen and oxygen atoms in total. The number of carbonyl (C=O) groups is 1. The fourth-order valence-electron chi connectivity index (χ4n) is 1.60. The van der Waals surface area contributed by atoms with Crippen molar-refractivity contribution in [2.45, 2.75) is 38.1 Å². The van der Waals surface area contributed by atoms with Gasteiger partial charge in [-0.3, -0.25) is 4.79 Å². The minimum absolute atomic E-state index is 0.00679. The molecule has 1 aliphatic rings. The summed E-state index contributed by atoms with van der Waals surface area (Å²) in [5.41, 5.74) is 0. The number of carboxylic acid groups (broad SMARTS) is 1. The molecule has 0 aromatic heterocycles. The van der Waals surface area contributed by atoms with Crippen molar-refractivity contribution >= 4 is 16.2 Å². The lowest BCUT2D eigenvalue weighted by molar-refractivity contribution is -0.136. The molecule has 0 aromatic carbocycles. The summed E-state index contributed by atoms with van der Waals surface area (Å²) >= 11 is 0. The molecule has 1 rings (SSSR count). The number of hydrogen-bond donors (Lipinski definition) is 3. The Morgan fingerprint density at radius 1 is 1.33 bits per heavy atom. The Labute approximate surface area is 89.2 Å². The smallest absolute Gasteiger partial charge is 0.304 e. The maximum atomic E-state index is 11.4. The maximum absolute atomic E-state index is 11.4. The summed E-state index contributed by atoms with van der Waals surface area (Å²) in [4.78, 5) is 10.2. The first kappa shape index (κ1) is 12.4. The Kier molecular flexibility index (Phi) is 4.49. The molecular weight excluding hydrogens is 220 g/mol. The van der Waals surface area contributed by atoms with Gasteiger partial charge in [0.25, 0.3) is 10.2 Å². The van der Waals surface area contributed by atoms with E-state index in [0.29, 0.717) is 0 Å². The third-order valence-corrected chi connectivity index (χ3v) is 3.54. The largest absolute Gasteiger partial charge is 0.481 e. The summed E-state index contributed by atoms with van der Waals surface area (Å²) < 4.78 is 27.4. The molecule has 0 heterocycles. The van der Waals surface area contributed by atoms with Gasteiger partial charge in [-0.1, -0.05) is 12.8 Å². The minimum Gasteiger partial charge on any atom is -0.481 e. The van der Waals surface area contributed by atoms with Gasteiger partial charge in [0.1, 0.15) is 0 Å². The van der Waals surface area contributed by atoms with Crippen LogP contribution >= 0.6 is 0 Å². The molecule has 0 aromatic rings. The molecule has 1 saturated carbocycles. The molecule has 7 heteroatoms. The highest BCUT2D eigenvalue weighted by molar-refractivity contribution is 7.87. The highest BCUT2D eigenvalue weighted by Gasteiger charge is 2.20. The molecule has 0 amide bonds. The highest BCUT2D eigenvalue weighted by Crippen LogP contribution is 2.17. The Hall–Kier alpha value is -0.660. The van der Waals surface area contributed by atoms with Crippen LogP contribution in [0.2, 0.25) is 0 Å². The lowest BCUT2D eigenvalue weighted by atomic mass is 10.3. The van der Waals surface area contributed by atoms with Gasteiger partial charge < -0.3 is 5.11 Å². The summed E-state index contributed by atoms with van der Waals surface area (Å²) in [7, 11) is -3.52. The Bertz CT molecular complexity index is 309. The fourth-order valence-corrected chi connectivity index (χ4v) is 2.73. The zero-order valence-electron chi connectivity index (χ0n) is 8.40. The zero-order valence-corrected chi connectivity index (χ0v) is 9.22. The zero-order chi connectivity index (χ0) is 11.3. The normalized spacial score (nSPS) is 18.1. The van der Waals surface area contributed by atoms with Crippen LogP contribution in [0.4, 0.5) is 0 Å². The van der Waals surface area contributed by atoms with Gasteiger partial charge in [0.2, 0.25) is 0 Å². The average Bonchev–Trinajstić information content (AvgIpc) is 2.54. The van der Waals surface area contributed by atoms with Crippen molar-refractivity contribution in [1.29, 1.82) is 0 Å². The van der Waals surface area contributed by atoms with Gasteiger partial charge in [0, 0.05) is 12.6 Å². The Morgan fingerprint density at radius 2 is 1.93 bits per heavy atom. The van der Waals surface area contributed by atoms with Crippen molar-refractivity contribution in [2.75, 3.05) is 6.54 Å². The number of carboxylic acids is 1. The van der Waals surface area contributed by atoms with Crippen LogP contribution in [-0.4, -0.2) is 32.1 Å². The quantitative estimate of drug-likeness (QED) is 0.596. The van der Waals surface area contributed by atoms with Crippen LogP contribution in [0.25, 0.3) is 0 Å². The van der Waals surface area contributed by atoms with Crippen molar-refractivity contribution in [3.8, 4) is 0 Å². The fraction of sp³-hybridized carbons (Fsp3) is 0.875. The third-order valence-electron chi connectivity index (χ3n) is 2.31. The molecule has 0 spiro atoms. The maximum Gasteiger partial charge on any atom is 0.304 e. The van der Waals surface area contributed by atoms with Crippen molar-refractivity contribution in [1.82, 2.24) is 9.44 Å². The number of nitrogens with one attached hydrogen (secondary N) is 2. The predicted molar refractivity (Wildman–Crippen MR) is 54.6 cm³/mol. The molecular formula is C8H16N2O4S. The highest BCUT2D eigenvalue weighted by atomic mass is 32.2. The van der Waals surface area contributed by atoms with Gasteiger partial charge in [-0.2, -0.15) is 13.1 Å². The summed E-state index contributed by atoms with van der Waals surface area (Å²) in [5.74, 6) is -1.02. The van der Waals surface area contributed by atoms with E-state index in [9.17, 15) is 13.2 Å². The monoisotopic (exact) mass is 236 g/mol. The lowest BCUT2D eigenvalue weighted by Gasteiger charge is -2.12. The van der Waals surface area contributed by atoms with E-state index in [-0.39, 0.29) is 19.0 Å². The Morgan fingerprint density at radius 3 is 2.47 bits per heavy atom. The second kappa shape index (κ2) is 5.43. The van der Waals surface area contributed by atoms with Gasteiger partial charge in [-0.05, 0) is 12.8 Å². The van der Waals surface area contributed by atoms with Crippen molar-refractivity contribution in [2.24, 2.45) is 0 Å². The van der Waals surface area contributed by atoms with Crippen LogP contribution in [-0.2, 0) is 15.0 Å². The van der Waals surface area contributed by atoms with Crippen LogP contribution in [0.1, 0.15) is 32.1 Å². The molecule has 3 N–H and O–H groups in total.